The second-order valence-corrected chi connectivity index (χ2v) is 5.17. The zero-order valence-electron chi connectivity index (χ0n) is 8.85. The zero-order valence-corrected chi connectivity index (χ0v) is 10.4. The molecule has 0 aliphatic carbocycles. The molecule has 0 bridgehead atoms. The van der Waals surface area contributed by atoms with Gasteiger partial charge in [-0.2, -0.15) is 0 Å². The van der Waals surface area contributed by atoms with Gasteiger partial charge in [-0.05, 0) is 24.8 Å². The predicted molar refractivity (Wildman–Crippen MR) is 66.6 cm³/mol. The number of halogens is 1. The van der Waals surface area contributed by atoms with Crippen molar-refractivity contribution in [1.82, 2.24) is 0 Å². The van der Waals surface area contributed by atoms with E-state index in [1.165, 1.54) is 25.7 Å². The average molecular weight is 232 g/mol. The zero-order chi connectivity index (χ0) is 10.4. The van der Waals surface area contributed by atoms with Crippen LogP contribution in [0.25, 0.3) is 0 Å². The summed E-state index contributed by atoms with van der Waals surface area (Å²) in [5, 5.41) is 5.44. The highest BCUT2D eigenvalue weighted by molar-refractivity contribution is 7.15. The van der Waals surface area contributed by atoms with E-state index in [1.807, 2.05) is 11.4 Å². The minimum absolute atomic E-state index is 0.522. The first-order chi connectivity index (χ1) is 6.74. The van der Waals surface area contributed by atoms with Crippen molar-refractivity contribution in [1.29, 1.82) is 0 Å². The van der Waals surface area contributed by atoms with E-state index in [0.717, 1.165) is 10.0 Å². The molecule has 80 valence electrons. The molecule has 0 saturated carbocycles. The summed E-state index contributed by atoms with van der Waals surface area (Å²) >= 11 is 7.58. The Bertz CT molecular complexity index is 260. The normalized spacial score (nSPS) is 12.8. The van der Waals surface area contributed by atoms with Crippen LogP contribution in [0.15, 0.2) is 11.4 Å². The first-order valence-corrected chi connectivity index (χ1v) is 6.49. The molecule has 0 saturated heterocycles. The van der Waals surface area contributed by atoms with Gasteiger partial charge in [0.25, 0.3) is 0 Å². The summed E-state index contributed by atoms with van der Waals surface area (Å²) in [5.74, 6) is 0. The number of hydrogen-bond donors (Lipinski definition) is 1. The highest BCUT2D eigenvalue weighted by Gasteiger charge is 2.05. The molecule has 0 radical (unpaired) electrons. The van der Waals surface area contributed by atoms with Gasteiger partial charge in [0.1, 0.15) is 4.34 Å². The van der Waals surface area contributed by atoms with Crippen molar-refractivity contribution >= 4 is 28.6 Å². The van der Waals surface area contributed by atoms with Gasteiger partial charge < -0.3 is 5.32 Å². The molecule has 1 aromatic rings. The summed E-state index contributed by atoms with van der Waals surface area (Å²) in [5.41, 5.74) is 1.08. The van der Waals surface area contributed by atoms with Crippen molar-refractivity contribution in [3.8, 4) is 0 Å². The van der Waals surface area contributed by atoms with Gasteiger partial charge >= 0.3 is 0 Å². The van der Waals surface area contributed by atoms with Crippen LogP contribution in [0.1, 0.15) is 39.5 Å². The van der Waals surface area contributed by atoms with E-state index in [4.69, 9.17) is 11.6 Å². The molecule has 0 aromatic carbocycles. The summed E-state index contributed by atoms with van der Waals surface area (Å²) in [7, 11) is 0. The summed E-state index contributed by atoms with van der Waals surface area (Å²) in [6, 6.07) is 2.57. The Hall–Kier alpha value is -0.210. The Balaban J connectivity index is 2.27. The molecular formula is C11H18ClNS. The van der Waals surface area contributed by atoms with E-state index in [-0.39, 0.29) is 0 Å². The van der Waals surface area contributed by atoms with Crippen LogP contribution in [0.3, 0.4) is 0 Å². The number of anilines is 1. The fourth-order valence-electron chi connectivity index (χ4n) is 1.43. The molecule has 0 spiro atoms. The lowest BCUT2D eigenvalue weighted by Crippen LogP contribution is -2.14. The fourth-order valence-corrected chi connectivity index (χ4v) is 2.28. The minimum atomic E-state index is 0.522. The standard InChI is InChI=1S/C11H18ClNS/c1-3-4-5-6-9(2)13-10-7-8-14-11(10)12/h7-9,13H,3-6H2,1-2H3. The smallest absolute Gasteiger partial charge is 0.116 e. The number of hydrogen-bond acceptors (Lipinski definition) is 2. The van der Waals surface area contributed by atoms with E-state index in [9.17, 15) is 0 Å². The SMILES string of the molecule is CCCCCC(C)Nc1ccsc1Cl. The quantitative estimate of drug-likeness (QED) is 0.695. The van der Waals surface area contributed by atoms with Crippen molar-refractivity contribution in [2.45, 2.75) is 45.6 Å². The third-order valence-corrected chi connectivity index (χ3v) is 3.43. The summed E-state index contributed by atoms with van der Waals surface area (Å²) in [6.45, 7) is 4.44. The summed E-state index contributed by atoms with van der Waals surface area (Å²) < 4.78 is 0.868. The lowest BCUT2D eigenvalue weighted by Gasteiger charge is -2.13. The molecule has 1 heterocycles. The lowest BCUT2D eigenvalue weighted by molar-refractivity contribution is 0.615. The van der Waals surface area contributed by atoms with Crippen molar-refractivity contribution in [2.24, 2.45) is 0 Å². The number of unbranched alkanes of at least 4 members (excludes halogenated alkanes) is 2. The van der Waals surface area contributed by atoms with E-state index in [2.05, 4.69) is 19.2 Å². The average Bonchev–Trinajstić information content (AvgIpc) is 2.52. The predicted octanol–water partition coefficient (Wildman–Crippen LogP) is 4.78. The molecule has 1 unspecified atom stereocenters. The van der Waals surface area contributed by atoms with Crippen LogP contribution in [-0.2, 0) is 0 Å². The Kier molecular flexibility index (Phi) is 5.34. The lowest BCUT2D eigenvalue weighted by atomic mass is 10.1. The van der Waals surface area contributed by atoms with E-state index >= 15 is 0 Å². The highest BCUT2D eigenvalue weighted by Crippen LogP contribution is 2.28. The van der Waals surface area contributed by atoms with E-state index in [0.29, 0.717) is 6.04 Å². The third-order valence-electron chi connectivity index (χ3n) is 2.26. The highest BCUT2D eigenvalue weighted by atomic mass is 35.5. The molecular weight excluding hydrogens is 214 g/mol. The molecule has 1 aromatic heterocycles. The number of nitrogens with one attached hydrogen (secondary N) is 1. The van der Waals surface area contributed by atoms with Crippen molar-refractivity contribution in [3.05, 3.63) is 15.8 Å². The van der Waals surface area contributed by atoms with Gasteiger partial charge in [-0.15, -0.1) is 11.3 Å². The van der Waals surface area contributed by atoms with Crippen LogP contribution in [0.2, 0.25) is 4.34 Å². The Morgan fingerprint density at radius 1 is 1.50 bits per heavy atom. The molecule has 1 rings (SSSR count). The van der Waals surface area contributed by atoms with Crippen LogP contribution in [0.4, 0.5) is 5.69 Å². The van der Waals surface area contributed by atoms with Crippen LogP contribution < -0.4 is 5.32 Å². The maximum absolute atomic E-state index is 6.00. The molecule has 0 amide bonds. The third kappa shape index (κ3) is 3.89. The Morgan fingerprint density at radius 2 is 2.29 bits per heavy atom. The van der Waals surface area contributed by atoms with Crippen LogP contribution in [-0.4, -0.2) is 6.04 Å². The fraction of sp³-hybridized carbons (Fsp3) is 0.636. The molecule has 1 atom stereocenters. The van der Waals surface area contributed by atoms with Gasteiger partial charge in [-0.1, -0.05) is 37.8 Å². The van der Waals surface area contributed by atoms with Crippen molar-refractivity contribution in [2.75, 3.05) is 5.32 Å². The van der Waals surface area contributed by atoms with Crippen LogP contribution >= 0.6 is 22.9 Å². The second kappa shape index (κ2) is 6.31. The molecule has 0 aliphatic heterocycles. The van der Waals surface area contributed by atoms with Gasteiger partial charge in [-0.25, -0.2) is 0 Å². The van der Waals surface area contributed by atoms with Crippen LogP contribution in [0.5, 0.6) is 0 Å². The van der Waals surface area contributed by atoms with Gasteiger partial charge in [0.2, 0.25) is 0 Å². The van der Waals surface area contributed by atoms with E-state index in [1.54, 1.807) is 11.3 Å². The first kappa shape index (κ1) is 11.9. The van der Waals surface area contributed by atoms with Gasteiger partial charge in [0.15, 0.2) is 0 Å². The molecule has 1 N–H and O–H groups in total. The van der Waals surface area contributed by atoms with Gasteiger partial charge in [-0.3, -0.25) is 0 Å². The molecule has 14 heavy (non-hydrogen) atoms. The first-order valence-electron chi connectivity index (χ1n) is 5.23. The number of thiophene rings is 1. The molecule has 1 nitrogen and oxygen atoms in total. The monoisotopic (exact) mass is 231 g/mol. The Morgan fingerprint density at radius 3 is 2.86 bits per heavy atom. The van der Waals surface area contributed by atoms with Gasteiger partial charge in [0, 0.05) is 6.04 Å². The number of rotatable bonds is 6. The maximum atomic E-state index is 6.00. The Labute approximate surface area is 95.5 Å². The van der Waals surface area contributed by atoms with Crippen molar-refractivity contribution in [3.63, 3.8) is 0 Å². The van der Waals surface area contributed by atoms with Crippen LogP contribution in [0, 0.1) is 0 Å². The largest absolute Gasteiger partial charge is 0.381 e. The summed E-state index contributed by atoms with van der Waals surface area (Å²) in [4.78, 5) is 0. The summed E-state index contributed by atoms with van der Waals surface area (Å²) in [6.07, 6.45) is 5.13. The minimum Gasteiger partial charge on any atom is -0.381 e. The van der Waals surface area contributed by atoms with Crippen molar-refractivity contribution < 1.29 is 0 Å². The maximum Gasteiger partial charge on any atom is 0.116 e. The molecule has 3 heteroatoms. The topological polar surface area (TPSA) is 12.0 Å². The van der Waals surface area contributed by atoms with Gasteiger partial charge in [0.05, 0.1) is 5.69 Å². The molecule has 0 aliphatic rings. The second-order valence-electron chi connectivity index (χ2n) is 3.65. The molecule has 0 fully saturated rings. The van der Waals surface area contributed by atoms with E-state index < -0.39 is 0 Å².